The van der Waals surface area contributed by atoms with Crippen LogP contribution in [0.1, 0.15) is 24.8 Å². The number of anilines is 1. The quantitative estimate of drug-likeness (QED) is 0.844. The molecule has 0 radical (unpaired) electrons. The molecule has 1 saturated heterocycles. The Morgan fingerprint density at radius 3 is 2.68 bits per heavy atom. The van der Waals surface area contributed by atoms with E-state index in [0.717, 1.165) is 13.1 Å². The Bertz CT molecular complexity index is 414. The van der Waals surface area contributed by atoms with Crippen LogP contribution in [0.4, 0.5) is 5.69 Å². The second-order valence-electron chi connectivity index (χ2n) is 4.98. The van der Waals surface area contributed by atoms with Gasteiger partial charge in [0, 0.05) is 25.3 Å². The van der Waals surface area contributed by atoms with Crippen molar-refractivity contribution in [3.8, 4) is 0 Å². The summed E-state index contributed by atoms with van der Waals surface area (Å²) in [7, 11) is 1.78. The van der Waals surface area contributed by atoms with E-state index in [9.17, 15) is 4.79 Å². The van der Waals surface area contributed by atoms with E-state index in [1.165, 1.54) is 30.5 Å². The Morgan fingerprint density at radius 1 is 1.21 bits per heavy atom. The minimum absolute atomic E-state index is 0.0379. The van der Waals surface area contributed by atoms with Gasteiger partial charge in [-0.1, -0.05) is 18.2 Å². The third-order valence-corrected chi connectivity index (χ3v) is 3.50. The van der Waals surface area contributed by atoms with E-state index in [1.54, 1.807) is 7.05 Å². The fourth-order valence-corrected chi connectivity index (χ4v) is 2.52. The second kappa shape index (κ2) is 7.14. The number of carbonyl (C=O) groups is 1. The molecule has 2 N–H and O–H groups in total. The van der Waals surface area contributed by atoms with Crippen LogP contribution in [-0.2, 0) is 11.3 Å². The molecule has 1 amide bonds. The first-order valence-corrected chi connectivity index (χ1v) is 7.05. The first-order chi connectivity index (χ1) is 9.31. The van der Waals surface area contributed by atoms with Gasteiger partial charge in [-0.3, -0.25) is 4.79 Å². The summed E-state index contributed by atoms with van der Waals surface area (Å²) in [5.74, 6) is 0.0379. The number of nitrogens with one attached hydrogen (secondary N) is 2. The lowest BCUT2D eigenvalue weighted by Crippen LogP contribution is -2.33. The minimum atomic E-state index is 0.0379. The Balaban J connectivity index is 2.01. The van der Waals surface area contributed by atoms with Gasteiger partial charge >= 0.3 is 0 Å². The van der Waals surface area contributed by atoms with Crippen molar-refractivity contribution < 1.29 is 4.79 Å². The molecule has 19 heavy (non-hydrogen) atoms. The van der Waals surface area contributed by atoms with E-state index < -0.39 is 0 Å². The molecule has 1 fully saturated rings. The Hall–Kier alpha value is -1.55. The van der Waals surface area contributed by atoms with Gasteiger partial charge in [0.15, 0.2) is 0 Å². The van der Waals surface area contributed by atoms with Crippen molar-refractivity contribution >= 4 is 11.6 Å². The van der Waals surface area contributed by atoms with Gasteiger partial charge in [0.05, 0.1) is 6.54 Å². The standard InChI is InChI=1S/C15H23N3O/c1-16-12-15(19)17-11-13-7-3-4-8-14(13)18-9-5-2-6-10-18/h3-4,7-8,16H,2,5-6,9-12H2,1H3,(H,17,19). The molecule has 1 heterocycles. The number of para-hydroxylation sites is 1. The van der Waals surface area contributed by atoms with Crippen LogP contribution in [0.5, 0.6) is 0 Å². The number of hydrogen-bond donors (Lipinski definition) is 2. The zero-order valence-electron chi connectivity index (χ0n) is 11.6. The Kier molecular flexibility index (Phi) is 5.21. The smallest absolute Gasteiger partial charge is 0.234 e. The molecule has 1 aromatic carbocycles. The molecule has 0 atom stereocenters. The number of likely N-dealkylation sites (N-methyl/N-ethyl adjacent to an activating group) is 1. The van der Waals surface area contributed by atoms with Crippen LogP contribution < -0.4 is 15.5 Å². The van der Waals surface area contributed by atoms with Crippen molar-refractivity contribution in [2.75, 3.05) is 31.6 Å². The first-order valence-electron chi connectivity index (χ1n) is 7.05. The van der Waals surface area contributed by atoms with Crippen LogP contribution in [0.2, 0.25) is 0 Å². The predicted octanol–water partition coefficient (Wildman–Crippen LogP) is 1.51. The SMILES string of the molecule is CNCC(=O)NCc1ccccc1N1CCCCC1. The monoisotopic (exact) mass is 261 g/mol. The number of carbonyl (C=O) groups excluding carboxylic acids is 1. The molecular weight excluding hydrogens is 238 g/mol. The summed E-state index contributed by atoms with van der Waals surface area (Å²) in [4.78, 5) is 14.0. The highest BCUT2D eigenvalue weighted by molar-refractivity contribution is 5.78. The van der Waals surface area contributed by atoms with Gasteiger partial charge in [0.25, 0.3) is 0 Å². The van der Waals surface area contributed by atoms with Crippen LogP contribution in [0.3, 0.4) is 0 Å². The fraction of sp³-hybridized carbons (Fsp3) is 0.533. The predicted molar refractivity (Wildman–Crippen MR) is 78.3 cm³/mol. The number of nitrogens with zero attached hydrogens (tertiary/aromatic N) is 1. The van der Waals surface area contributed by atoms with E-state index in [-0.39, 0.29) is 5.91 Å². The van der Waals surface area contributed by atoms with Crippen LogP contribution in [-0.4, -0.2) is 32.6 Å². The van der Waals surface area contributed by atoms with Crippen LogP contribution in [0, 0.1) is 0 Å². The van der Waals surface area contributed by atoms with Gasteiger partial charge in [-0.15, -0.1) is 0 Å². The van der Waals surface area contributed by atoms with Gasteiger partial charge in [0.1, 0.15) is 0 Å². The number of hydrogen-bond acceptors (Lipinski definition) is 3. The minimum Gasteiger partial charge on any atom is -0.371 e. The summed E-state index contributed by atoms with van der Waals surface area (Å²) in [5.41, 5.74) is 2.47. The van der Waals surface area contributed by atoms with Gasteiger partial charge < -0.3 is 15.5 Å². The molecule has 104 valence electrons. The molecule has 2 rings (SSSR count). The molecule has 1 aromatic rings. The maximum absolute atomic E-state index is 11.5. The molecule has 4 heteroatoms. The molecule has 0 saturated carbocycles. The van der Waals surface area contributed by atoms with Crippen molar-refractivity contribution in [2.45, 2.75) is 25.8 Å². The molecule has 0 aliphatic carbocycles. The van der Waals surface area contributed by atoms with Gasteiger partial charge in [-0.25, -0.2) is 0 Å². The molecule has 4 nitrogen and oxygen atoms in total. The molecule has 0 bridgehead atoms. The van der Waals surface area contributed by atoms with Crippen molar-refractivity contribution in [1.29, 1.82) is 0 Å². The number of piperidine rings is 1. The largest absolute Gasteiger partial charge is 0.371 e. The Morgan fingerprint density at radius 2 is 1.95 bits per heavy atom. The summed E-state index contributed by atoms with van der Waals surface area (Å²) in [6.07, 6.45) is 3.86. The molecule has 0 unspecified atom stereocenters. The van der Waals surface area contributed by atoms with E-state index in [0.29, 0.717) is 13.1 Å². The normalized spacial score (nSPS) is 15.3. The summed E-state index contributed by atoms with van der Waals surface area (Å²) in [6, 6.07) is 8.37. The van der Waals surface area contributed by atoms with Crippen LogP contribution in [0.15, 0.2) is 24.3 Å². The second-order valence-corrected chi connectivity index (χ2v) is 4.98. The molecular formula is C15H23N3O. The highest BCUT2D eigenvalue weighted by Crippen LogP contribution is 2.23. The average Bonchev–Trinajstić information content (AvgIpc) is 2.47. The number of amides is 1. The lowest BCUT2D eigenvalue weighted by molar-refractivity contribution is -0.120. The maximum atomic E-state index is 11.5. The van der Waals surface area contributed by atoms with Crippen molar-refractivity contribution in [2.24, 2.45) is 0 Å². The van der Waals surface area contributed by atoms with E-state index in [4.69, 9.17) is 0 Å². The number of benzene rings is 1. The topological polar surface area (TPSA) is 44.4 Å². The summed E-state index contributed by atoms with van der Waals surface area (Å²) >= 11 is 0. The number of rotatable bonds is 5. The lowest BCUT2D eigenvalue weighted by atomic mass is 10.1. The zero-order valence-corrected chi connectivity index (χ0v) is 11.6. The van der Waals surface area contributed by atoms with Crippen LogP contribution >= 0.6 is 0 Å². The maximum Gasteiger partial charge on any atom is 0.234 e. The third-order valence-electron chi connectivity index (χ3n) is 3.50. The molecule has 1 aliphatic rings. The third kappa shape index (κ3) is 3.96. The van der Waals surface area contributed by atoms with E-state index in [2.05, 4.69) is 33.7 Å². The van der Waals surface area contributed by atoms with Gasteiger partial charge in [-0.2, -0.15) is 0 Å². The van der Waals surface area contributed by atoms with Gasteiger partial charge in [0.2, 0.25) is 5.91 Å². The summed E-state index contributed by atoms with van der Waals surface area (Å²) in [6.45, 7) is 3.22. The lowest BCUT2D eigenvalue weighted by Gasteiger charge is -2.30. The van der Waals surface area contributed by atoms with E-state index in [1.807, 2.05) is 6.07 Å². The Labute approximate surface area is 115 Å². The summed E-state index contributed by atoms with van der Waals surface area (Å²) < 4.78 is 0. The fourth-order valence-electron chi connectivity index (χ4n) is 2.52. The highest BCUT2D eigenvalue weighted by Gasteiger charge is 2.14. The molecule has 0 spiro atoms. The molecule has 0 aromatic heterocycles. The first kappa shape index (κ1) is 13.9. The van der Waals surface area contributed by atoms with Crippen LogP contribution in [0.25, 0.3) is 0 Å². The van der Waals surface area contributed by atoms with Crippen molar-refractivity contribution in [3.63, 3.8) is 0 Å². The average molecular weight is 261 g/mol. The van der Waals surface area contributed by atoms with E-state index >= 15 is 0 Å². The van der Waals surface area contributed by atoms with Crippen molar-refractivity contribution in [1.82, 2.24) is 10.6 Å². The zero-order chi connectivity index (χ0) is 13.5. The molecule has 1 aliphatic heterocycles. The highest BCUT2D eigenvalue weighted by atomic mass is 16.1. The summed E-state index contributed by atoms with van der Waals surface area (Å²) in [5, 5.41) is 5.81. The van der Waals surface area contributed by atoms with Gasteiger partial charge in [-0.05, 0) is 37.9 Å². The van der Waals surface area contributed by atoms with Crippen molar-refractivity contribution in [3.05, 3.63) is 29.8 Å².